The first-order valence-corrected chi connectivity index (χ1v) is 7.06. The van der Waals surface area contributed by atoms with E-state index in [1.165, 1.54) is 18.3 Å². The Hall–Kier alpha value is -3.09. The molecular formula is C16H15N3O4. The number of pyridine rings is 1. The molecule has 3 rings (SSSR count). The third kappa shape index (κ3) is 3.39. The van der Waals surface area contributed by atoms with Gasteiger partial charge in [0.25, 0.3) is 11.8 Å². The van der Waals surface area contributed by atoms with Gasteiger partial charge in [-0.15, -0.1) is 0 Å². The molecule has 1 aromatic heterocycles. The number of carbonyl (C=O) groups excluding carboxylic acids is 2. The maximum absolute atomic E-state index is 12.1. The summed E-state index contributed by atoms with van der Waals surface area (Å²) in [5.74, 6) is 0.408. The van der Waals surface area contributed by atoms with E-state index in [9.17, 15) is 9.59 Å². The number of aromatic nitrogens is 1. The lowest BCUT2D eigenvalue weighted by molar-refractivity contribution is 0.0788. The minimum atomic E-state index is -0.636. The fraction of sp³-hybridized carbons (Fsp3) is 0.188. The molecule has 0 spiro atoms. The van der Waals surface area contributed by atoms with E-state index in [4.69, 9.17) is 15.2 Å². The van der Waals surface area contributed by atoms with E-state index >= 15 is 0 Å². The van der Waals surface area contributed by atoms with Crippen LogP contribution in [0.5, 0.6) is 11.5 Å². The summed E-state index contributed by atoms with van der Waals surface area (Å²) in [6.07, 6.45) is 1.04. The third-order valence-electron chi connectivity index (χ3n) is 3.34. The number of para-hydroxylation sites is 2. The molecule has 7 nitrogen and oxygen atoms in total. The van der Waals surface area contributed by atoms with Crippen molar-refractivity contribution >= 4 is 11.8 Å². The van der Waals surface area contributed by atoms with Gasteiger partial charge in [0.05, 0.1) is 12.1 Å². The lowest BCUT2D eigenvalue weighted by Gasteiger charge is -2.26. The summed E-state index contributed by atoms with van der Waals surface area (Å²) in [6.45, 7) is 0.654. The third-order valence-corrected chi connectivity index (χ3v) is 3.34. The Bertz CT molecular complexity index is 730. The zero-order valence-electron chi connectivity index (χ0n) is 12.2. The van der Waals surface area contributed by atoms with Crippen molar-refractivity contribution in [1.29, 1.82) is 0 Å². The molecule has 0 fully saturated rings. The normalized spacial score (nSPS) is 15.7. The molecule has 3 N–H and O–H groups in total. The van der Waals surface area contributed by atoms with Crippen molar-refractivity contribution in [2.24, 2.45) is 5.73 Å². The van der Waals surface area contributed by atoms with Gasteiger partial charge in [0.2, 0.25) is 0 Å². The van der Waals surface area contributed by atoms with E-state index in [-0.39, 0.29) is 17.7 Å². The van der Waals surface area contributed by atoms with Crippen LogP contribution in [-0.4, -0.2) is 36.1 Å². The minimum Gasteiger partial charge on any atom is -0.486 e. The molecule has 23 heavy (non-hydrogen) atoms. The van der Waals surface area contributed by atoms with Crippen LogP contribution < -0.4 is 20.5 Å². The average molecular weight is 313 g/mol. The monoisotopic (exact) mass is 313 g/mol. The van der Waals surface area contributed by atoms with Gasteiger partial charge in [-0.3, -0.25) is 14.6 Å². The van der Waals surface area contributed by atoms with Crippen molar-refractivity contribution in [2.45, 2.75) is 6.10 Å². The molecule has 1 aromatic carbocycles. The Morgan fingerprint density at radius 3 is 2.70 bits per heavy atom. The van der Waals surface area contributed by atoms with Crippen molar-refractivity contribution in [1.82, 2.24) is 10.3 Å². The van der Waals surface area contributed by atoms with Crippen LogP contribution in [0, 0.1) is 0 Å². The largest absolute Gasteiger partial charge is 0.486 e. The highest BCUT2D eigenvalue weighted by molar-refractivity contribution is 5.95. The zero-order valence-corrected chi connectivity index (χ0v) is 12.2. The van der Waals surface area contributed by atoms with Crippen LogP contribution in [0.2, 0.25) is 0 Å². The molecular weight excluding hydrogens is 298 g/mol. The van der Waals surface area contributed by atoms with Crippen molar-refractivity contribution in [3.05, 3.63) is 53.9 Å². The number of hydrogen-bond donors (Lipinski definition) is 2. The number of nitrogens with zero attached hydrogens (tertiary/aromatic N) is 1. The molecule has 1 atom stereocenters. The van der Waals surface area contributed by atoms with Gasteiger partial charge in [-0.2, -0.15) is 0 Å². The lowest BCUT2D eigenvalue weighted by Crippen LogP contribution is -2.40. The molecule has 2 aromatic rings. The van der Waals surface area contributed by atoms with Crippen molar-refractivity contribution in [2.75, 3.05) is 13.2 Å². The first-order chi connectivity index (χ1) is 11.1. The van der Waals surface area contributed by atoms with Crippen LogP contribution in [0.15, 0.2) is 42.6 Å². The Morgan fingerprint density at radius 1 is 1.22 bits per heavy atom. The molecule has 2 amide bonds. The second kappa shape index (κ2) is 6.35. The van der Waals surface area contributed by atoms with Crippen LogP contribution in [0.3, 0.4) is 0 Å². The number of nitrogens with one attached hydrogen (secondary N) is 1. The van der Waals surface area contributed by atoms with Gasteiger partial charge in [-0.1, -0.05) is 12.1 Å². The molecule has 1 aliphatic heterocycles. The SMILES string of the molecule is NC(=O)c1ccc(C(=O)NCC2COc3ccccc3O2)cn1. The second-order valence-electron chi connectivity index (χ2n) is 5.00. The fourth-order valence-electron chi connectivity index (χ4n) is 2.15. The molecule has 0 saturated heterocycles. The summed E-state index contributed by atoms with van der Waals surface area (Å²) < 4.78 is 11.3. The standard InChI is InChI=1S/C16H15N3O4/c17-15(20)12-6-5-10(7-18-12)16(21)19-8-11-9-22-13-3-1-2-4-14(13)23-11/h1-7,11H,8-9H2,(H2,17,20)(H,19,21). The summed E-state index contributed by atoms with van der Waals surface area (Å²) in [6, 6.07) is 10.3. The minimum absolute atomic E-state index is 0.113. The second-order valence-corrected chi connectivity index (χ2v) is 5.00. The van der Waals surface area contributed by atoms with E-state index in [1.807, 2.05) is 24.3 Å². The quantitative estimate of drug-likeness (QED) is 0.867. The summed E-state index contributed by atoms with van der Waals surface area (Å²) >= 11 is 0. The molecule has 0 aliphatic carbocycles. The van der Waals surface area contributed by atoms with E-state index in [1.54, 1.807) is 0 Å². The van der Waals surface area contributed by atoms with E-state index in [2.05, 4.69) is 10.3 Å². The molecule has 0 saturated carbocycles. The number of ether oxygens (including phenoxy) is 2. The van der Waals surface area contributed by atoms with Crippen LogP contribution in [0.1, 0.15) is 20.8 Å². The Balaban J connectivity index is 1.56. The van der Waals surface area contributed by atoms with Gasteiger partial charge in [0, 0.05) is 6.20 Å². The molecule has 0 radical (unpaired) electrons. The smallest absolute Gasteiger partial charge is 0.267 e. The van der Waals surface area contributed by atoms with Gasteiger partial charge in [-0.25, -0.2) is 0 Å². The average Bonchev–Trinajstić information content (AvgIpc) is 2.59. The van der Waals surface area contributed by atoms with Gasteiger partial charge in [0.15, 0.2) is 11.5 Å². The lowest BCUT2D eigenvalue weighted by atomic mass is 10.2. The maximum Gasteiger partial charge on any atom is 0.267 e. The van der Waals surface area contributed by atoms with Gasteiger partial charge < -0.3 is 20.5 Å². The number of rotatable bonds is 4. The van der Waals surface area contributed by atoms with Crippen LogP contribution in [0.4, 0.5) is 0 Å². The number of benzene rings is 1. The van der Waals surface area contributed by atoms with E-state index in [0.29, 0.717) is 30.2 Å². The summed E-state index contributed by atoms with van der Waals surface area (Å²) in [5, 5.41) is 2.75. The predicted molar refractivity (Wildman–Crippen MR) is 81.4 cm³/mol. The van der Waals surface area contributed by atoms with Crippen LogP contribution >= 0.6 is 0 Å². The number of amides is 2. The number of hydrogen-bond acceptors (Lipinski definition) is 5. The van der Waals surface area contributed by atoms with E-state index in [0.717, 1.165) is 0 Å². The van der Waals surface area contributed by atoms with Gasteiger partial charge in [0.1, 0.15) is 18.4 Å². The molecule has 1 unspecified atom stereocenters. The molecule has 7 heteroatoms. The topological polar surface area (TPSA) is 104 Å². The number of nitrogens with two attached hydrogens (primary N) is 1. The molecule has 2 heterocycles. The molecule has 0 bridgehead atoms. The van der Waals surface area contributed by atoms with Crippen molar-refractivity contribution < 1.29 is 19.1 Å². The van der Waals surface area contributed by atoms with Crippen LogP contribution in [0.25, 0.3) is 0 Å². The highest BCUT2D eigenvalue weighted by atomic mass is 16.6. The van der Waals surface area contributed by atoms with Crippen LogP contribution in [-0.2, 0) is 0 Å². The number of fused-ring (bicyclic) bond motifs is 1. The molecule has 118 valence electrons. The maximum atomic E-state index is 12.1. The first kappa shape index (κ1) is 14.8. The first-order valence-electron chi connectivity index (χ1n) is 7.06. The van der Waals surface area contributed by atoms with E-state index < -0.39 is 5.91 Å². The highest BCUT2D eigenvalue weighted by Gasteiger charge is 2.21. The Labute approximate surface area is 132 Å². The number of primary amides is 1. The fourth-order valence-corrected chi connectivity index (χ4v) is 2.15. The Kier molecular flexibility index (Phi) is 4.09. The predicted octanol–water partition coefficient (Wildman–Crippen LogP) is 0.750. The van der Waals surface area contributed by atoms with Gasteiger partial charge >= 0.3 is 0 Å². The Morgan fingerprint density at radius 2 is 2.00 bits per heavy atom. The zero-order chi connectivity index (χ0) is 16.2. The van der Waals surface area contributed by atoms with Crippen molar-refractivity contribution in [3.63, 3.8) is 0 Å². The molecule has 1 aliphatic rings. The van der Waals surface area contributed by atoms with Gasteiger partial charge in [-0.05, 0) is 24.3 Å². The van der Waals surface area contributed by atoms with Crippen molar-refractivity contribution in [3.8, 4) is 11.5 Å². The summed E-state index contributed by atoms with van der Waals surface area (Å²) in [5.41, 5.74) is 5.56. The highest BCUT2D eigenvalue weighted by Crippen LogP contribution is 2.30. The summed E-state index contributed by atoms with van der Waals surface area (Å²) in [4.78, 5) is 26.8. The summed E-state index contributed by atoms with van der Waals surface area (Å²) in [7, 11) is 0. The number of carbonyl (C=O) groups is 2.